The van der Waals surface area contributed by atoms with Crippen molar-refractivity contribution in [3.63, 3.8) is 0 Å². The smallest absolute Gasteiger partial charge is 0.273 e. The molecule has 2 aromatic carbocycles. The van der Waals surface area contributed by atoms with Gasteiger partial charge in [0.15, 0.2) is 5.78 Å². The highest BCUT2D eigenvalue weighted by molar-refractivity contribution is 7.15. The Morgan fingerprint density at radius 1 is 0.697 bits per heavy atom. The number of aromatic hydroxyl groups is 1. The number of nitrogens with one attached hydrogen (secondary N) is 2. The molecule has 0 unspecified atom stereocenters. The number of phenolic OH excluding ortho intramolecular Hbond substituents is 1. The summed E-state index contributed by atoms with van der Waals surface area (Å²) in [4.78, 5) is 125. The number of thiazole rings is 6. The van der Waals surface area contributed by atoms with E-state index in [9.17, 15) is 44.4 Å². The van der Waals surface area contributed by atoms with E-state index in [1.165, 1.54) is 56.4 Å². The Balaban J connectivity index is 0.938. The molecule has 12 rings (SSSR count). The molecule has 2 fully saturated rings. The van der Waals surface area contributed by atoms with Gasteiger partial charge in [0.25, 0.3) is 17.7 Å². The zero-order valence-electron chi connectivity index (χ0n) is 47.6. The molecule has 3 aliphatic heterocycles. The van der Waals surface area contributed by atoms with Crippen LogP contribution in [0.25, 0.3) is 43.4 Å². The third-order valence-electron chi connectivity index (χ3n) is 15.8. The molecule has 458 valence electrons. The van der Waals surface area contributed by atoms with Gasteiger partial charge >= 0.3 is 0 Å². The van der Waals surface area contributed by atoms with Crippen LogP contribution < -0.4 is 16.4 Å². The molecule has 3 aliphatic rings. The summed E-state index contributed by atoms with van der Waals surface area (Å²) in [5, 5.41) is 59.7. The number of benzene rings is 2. The number of aliphatic hydroxyl groups excluding tert-OH is 3. The molecule has 7 atom stereocenters. The molecule has 23 nitrogen and oxygen atoms in total. The lowest BCUT2D eigenvalue weighted by Gasteiger charge is -2.33. The van der Waals surface area contributed by atoms with E-state index in [0.29, 0.717) is 97.1 Å². The first-order chi connectivity index (χ1) is 43.0. The van der Waals surface area contributed by atoms with Gasteiger partial charge in [-0.2, -0.15) is 0 Å². The molecule has 10 bridgehead atoms. The van der Waals surface area contributed by atoms with Gasteiger partial charge in [-0.05, 0) is 42.3 Å². The maximum Gasteiger partial charge on any atom is 0.273 e. The summed E-state index contributed by atoms with van der Waals surface area (Å²) in [6.45, 7) is 6.21. The van der Waals surface area contributed by atoms with E-state index in [2.05, 4.69) is 15.5 Å². The Labute approximate surface area is 532 Å². The SMILES string of the molecule is Cc1sc2nc1C(=O)C[C@@H]([C@H](O)c1ccccc1)c1nc(cs1)C(=O)N[C@@H](Cc1ccc(O)cc1)C(=O)N1C[C@H](O)[C@H](C)[C@H]1c1nc(cs1)-c1nc(cs1)-c1nc(-c3nc(C(=O)N4CCN(CCO)CC4)cs3)ccc1-c1nc(cs1)C(=O)N[C@H]2CC(N)=O. The number of hydrogen-bond donors (Lipinski definition) is 7. The van der Waals surface area contributed by atoms with Crippen LogP contribution in [0.15, 0.2) is 93.6 Å². The van der Waals surface area contributed by atoms with Crippen LogP contribution in [-0.4, -0.2) is 163 Å². The number of nitrogens with zero attached hydrogens (tertiary/aromatic N) is 10. The van der Waals surface area contributed by atoms with Crippen LogP contribution in [0.2, 0.25) is 0 Å². The summed E-state index contributed by atoms with van der Waals surface area (Å²) in [5.41, 5.74) is 9.28. The van der Waals surface area contributed by atoms with Crippen molar-refractivity contribution in [3.05, 3.63) is 147 Å². The fourth-order valence-corrected chi connectivity index (χ4v) is 16.4. The van der Waals surface area contributed by atoms with Crippen LogP contribution in [0.1, 0.15) is 117 Å². The highest BCUT2D eigenvalue weighted by Gasteiger charge is 2.46. The minimum absolute atomic E-state index is 0.00280. The number of rotatable bonds is 10. The van der Waals surface area contributed by atoms with Gasteiger partial charge in [0.1, 0.15) is 76.7 Å². The zero-order chi connectivity index (χ0) is 62.2. The van der Waals surface area contributed by atoms with E-state index in [0.717, 1.165) is 34.0 Å². The molecule has 89 heavy (non-hydrogen) atoms. The second kappa shape index (κ2) is 26.2. The molecule has 29 heteroatoms. The molecule has 9 aromatic rings. The Morgan fingerprint density at radius 2 is 1.35 bits per heavy atom. The maximum absolute atomic E-state index is 15.2. The lowest BCUT2D eigenvalue weighted by molar-refractivity contribution is -0.134. The Kier molecular flexibility index (Phi) is 18.1. The number of carbonyl (C=O) groups excluding carboxylic acids is 6. The number of aromatic nitrogens is 7. The summed E-state index contributed by atoms with van der Waals surface area (Å²) in [6.07, 6.45) is -3.00. The highest BCUT2D eigenvalue weighted by Crippen LogP contribution is 2.43. The number of piperazine rings is 1. The topological polar surface area (TPSA) is 333 Å². The molecule has 5 amide bonds. The molecular weight excluding hydrogens is 1260 g/mol. The number of fused-ring (bicyclic) bond motifs is 16. The fourth-order valence-electron chi connectivity index (χ4n) is 11.0. The van der Waals surface area contributed by atoms with E-state index in [4.69, 9.17) is 40.6 Å². The molecular formula is C60H57N13O10S6. The number of pyridine rings is 1. The van der Waals surface area contributed by atoms with Crippen LogP contribution in [0.3, 0.4) is 0 Å². The molecule has 0 spiro atoms. The van der Waals surface area contributed by atoms with Gasteiger partial charge in [-0.1, -0.05) is 49.4 Å². The number of phenols is 1. The summed E-state index contributed by atoms with van der Waals surface area (Å²) >= 11 is 7.13. The van der Waals surface area contributed by atoms with E-state index >= 15 is 4.79 Å². The molecule has 0 saturated carbocycles. The van der Waals surface area contributed by atoms with Crippen molar-refractivity contribution in [1.29, 1.82) is 0 Å². The molecule has 0 radical (unpaired) electrons. The highest BCUT2D eigenvalue weighted by atomic mass is 32.1. The normalized spacial score (nSPS) is 20.6. The van der Waals surface area contributed by atoms with E-state index in [1.54, 1.807) is 77.2 Å². The average molecular weight is 1310 g/mol. The number of Topliss-reactive ketones (excluding diaryl/α,β-unsaturated/α-hetero) is 1. The zero-order valence-corrected chi connectivity index (χ0v) is 52.5. The lowest BCUT2D eigenvalue weighted by atomic mass is 9.90. The molecule has 8 N–H and O–H groups in total. The van der Waals surface area contributed by atoms with E-state index in [-0.39, 0.29) is 76.9 Å². The number of amides is 5. The van der Waals surface area contributed by atoms with Crippen molar-refractivity contribution < 1.29 is 49.2 Å². The Morgan fingerprint density at radius 3 is 2.10 bits per heavy atom. The fraction of sp³-hybridized carbons (Fsp3) is 0.317. The van der Waals surface area contributed by atoms with Crippen LogP contribution >= 0.6 is 68.0 Å². The summed E-state index contributed by atoms with van der Waals surface area (Å²) in [7, 11) is 0. The first-order valence-electron chi connectivity index (χ1n) is 28.3. The average Bonchev–Trinajstić information content (AvgIpc) is 2.12. The third kappa shape index (κ3) is 13.1. The van der Waals surface area contributed by atoms with Crippen molar-refractivity contribution in [1.82, 2.24) is 60.2 Å². The quantitative estimate of drug-likeness (QED) is 0.0730. The first-order valence-corrected chi connectivity index (χ1v) is 33.5. The van der Waals surface area contributed by atoms with Gasteiger partial charge < -0.3 is 46.6 Å². The predicted molar refractivity (Wildman–Crippen MR) is 337 cm³/mol. The van der Waals surface area contributed by atoms with Crippen molar-refractivity contribution in [2.45, 2.75) is 69.4 Å². The first kappa shape index (κ1) is 61.3. The van der Waals surface area contributed by atoms with Crippen molar-refractivity contribution in [2.75, 3.05) is 45.9 Å². The number of ketones is 1. The number of aliphatic hydroxyl groups is 3. The van der Waals surface area contributed by atoms with Gasteiger partial charge in [0.2, 0.25) is 11.8 Å². The number of nitrogens with two attached hydrogens (primary N) is 1. The molecule has 7 aromatic heterocycles. The van der Waals surface area contributed by atoms with Crippen LogP contribution in [0.4, 0.5) is 0 Å². The van der Waals surface area contributed by atoms with Crippen molar-refractivity contribution >= 4 is 103 Å². The van der Waals surface area contributed by atoms with Crippen molar-refractivity contribution in [3.8, 4) is 49.1 Å². The van der Waals surface area contributed by atoms with Crippen LogP contribution in [0, 0.1) is 12.8 Å². The summed E-state index contributed by atoms with van der Waals surface area (Å²) in [5.74, 6) is -4.88. The van der Waals surface area contributed by atoms with Gasteiger partial charge in [-0.3, -0.25) is 33.7 Å². The van der Waals surface area contributed by atoms with Gasteiger partial charge in [0.05, 0.1) is 48.0 Å². The second-order valence-corrected chi connectivity index (χ2v) is 27.3. The molecule has 10 heterocycles. The number of carbonyl (C=O) groups is 6. The Bertz CT molecular complexity index is 4120. The minimum atomic E-state index is -1.30. The largest absolute Gasteiger partial charge is 0.508 e. The number of hydrogen-bond acceptors (Lipinski definition) is 24. The number of aryl methyl sites for hydroxylation is 1. The van der Waals surface area contributed by atoms with Crippen LogP contribution in [0.5, 0.6) is 5.75 Å². The standard InChI is InChI=1S/C60H57N13O10S6/c1-29-45(77)23-73-49(29)58-68-42(27-88-58)56-65-39(24-86-56)48-34(12-13-36(62-48)55-69-43(28-87-55)59(82)72-16-14-71(15-17-72)18-19-74)53-66-40(25-84-53)51(80)63-37(22-46(61)78)57-70-47(30(2)89-57)44(76)21-35(50(79)32-6-4-3-5-7-32)54-67-41(26-85-54)52(81)64-38(60(73)83)20-31-8-10-33(75)11-9-31/h3-13,24-29,35,37-38,45,49-50,74-75,77,79H,14-23H2,1-2H3,(H2,61,78)(H,63,80)(H,64,81)/t29-,35-,37-,38-,45-,49-,50+/m0/s1. The number of primary amides is 1. The summed E-state index contributed by atoms with van der Waals surface area (Å²) < 4.78 is 0. The third-order valence-corrected chi connectivity index (χ3v) is 21.4. The lowest BCUT2D eigenvalue weighted by Crippen LogP contribution is -2.50. The monoisotopic (exact) mass is 1310 g/mol. The van der Waals surface area contributed by atoms with Crippen molar-refractivity contribution in [2.24, 2.45) is 11.7 Å². The Hall–Kier alpha value is -7.97. The predicted octanol–water partition coefficient (Wildman–Crippen LogP) is 6.92. The molecule has 0 aliphatic carbocycles. The van der Waals surface area contributed by atoms with Gasteiger partial charge in [-0.25, -0.2) is 34.9 Å². The van der Waals surface area contributed by atoms with E-state index < -0.39 is 71.6 Å². The van der Waals surface area contributed by atoms with Gasteiger partial charge in [0, 0.05) is 101 Å². The minimum Gasteiger partial charge on any atom is -0.508 e. The number of β-amino-alcohol motifs (C(OH)–C–C–N with tert-alkyl or cyclic N) is 1. The van der Waals surface area contributed by atoms with E-state index in [1.807, 2.05) is 17.7 Å². The second-order valence-electron chi connectivity index (χ2n) is 21.7. The summed E-state index contributed by atoms with van der Waals surface area (Å²) in [6, 6.07) is 15.4. The molecule has 2 saturated heterocycles. The van der Waals surface area contributed by atoms with Crippen LogP contribution in [-0.2, 0) is 16.0 Å². The maximum atomic E-state index is 15.2. The van der Waals surface area contributed by atoms with Gasteiger partial charge in [-0.15, -0.1) is 68.0 Å².